The van der Waals surface area contributed by atoms with Gasteiger partial charge in [0.25, 0.3) is 0 Å². The molecule has 0 fully saturated rings. The van der Waals surface area contributed by atoms with Crippen LogP contribution in [-0.2, 0) is 4.79 Å². The predicted octanol–water partition coefficient (Wildman–Crippen LogP) is 3.06. The van der Waals surface area contributed by atoms with Crippen LogP contribution in [-0.4, -0.2) is 41.7 Å². The minimum absolute atomic E-state index is 0.159. The van der Waals surface area contributed by atoms with Crippen molar-refractivity contribution >= 4 is 39.8 Å². The number of nitrogens with one attached hydrogen (secondary N) is 2. The number of thioether (sulfide) groups is 1. The lowest BCUT2D eigenvalue weighted by Crippen LogP contribution is -2.34. The van der Waals surface area contributed by atoms with Gasteiger partial charge in [-0.2, -0.15) is 13.2 Å². The fourth-order valence-electron chi connectivity index (χ4n) is 1.49. The molecule has 0 atom stereocenters. The number of amides is 1. The second-order valence-electron chi connectivity index (χ2n) is 4.41. The van der Waals surface area contributed by atoms with Crippen LogP contribution < -0.4 is 15.4 Å². The van der Waals surface area contributed by atoms with Crippen molar-refractivity contribution in [1.82, 2.24) is 15.5 Å². The molecule has 24 heavy (non-hydrogen) atoms. The van der Waals surface area contributed by atoms with Crippen molar-refractivity contribution in [1.29, 1.82) is 0 Å². The summed E-state index contributed by atoms with van der Waals surface area (Å²) in [5, 5.41) is 13.1. The number of hydrogen-bond acceptors (Lipinski definition) is 7. The fourth-order valence-corrected chi connectivity index (χ4v) is 3.10. The van der Waals surface area contributed by atoms with E-state index in [2.05, 4.69) is 15.5 Å². The van der Waals surface area contributed by atoms with Gasteiger partial charge in [-0.3, -0.25) is 4.79 Å². The molecule has 0 aliphatic carbocycles. The summed E-state index contributed by atoms with van der Waals surface area (Å²) >= 11 is 2.22. The quantitative estimate of drug-likeness (QED) is 0.722. The lowest BCUT2D eigenvalue weighted by molar-refractivity contribution is -0.136. The molecule has 1 amide bonds. The maximum absolute atomic E-state index is 12.0. The highest BCUT2D eigenvalue weighted by Gasteiger charge is 2.27. The van der Waals surface area contributed by atoms with E-state index >= 15 is 0 Å². The van der Waals surface area contributed by atoms with E-state index in [0.29, 0.717) is 9.47 Å². The first-order valence-corrected chi connectivity index (χ1v) is 8.37. The molecular weight excluding hydrogens is 365 g/mol. The maximum Gasteiger partial charge on any atom is 0.405 e. The van der Waals surface area contributed by atoms with Gasteiger partial charge in [-0.25, -0.2) is 0 Å². The van der Waals surface area contributed by atoms with Gasteiger partial charge in [-0.05, 0) is 24.3 Å². The summed E-state index contributed by atoms with van der Waals surface area (Å²) in [4.78, 5) is 11.3. The Hall–Kier alpha value is -2.01. The molecule has 2 aromatic rings. The summed E-state index contributed by atoms with van der Waals surface area (Å²) in [5.74, 6) is -0.149. The largest absolute Gasteiger partial charge is 0.497 e. The SMILES string of the molecule is COc1ccc(Nc2nnc(SCC(=O)NCC(F)(F)F)s2)cc1. The third kappa shape index (κ3) is 6.24. The number of hydrogen-bond donors (Lipinski definition) is 2. The summed E-state index contributed by atoms with van der Waals surface area (Å²) in [5.41, 5.74) is 0.784. The number of carbonyl (C=O) groups excluding carboxylic acids is 1. The van der Waals surface area contributed by atoms with E-state index in [1.165, 1.54) is 11.3 Å². The van der Waals surface area contributed by atoms with E-state index in [4.69, 9.17) is 4.74 Å². The van der Waals surface area contributed by atoms with E-state index in [-0.39, 0.29) is 5.75 Å². The number of nitrogens with zero attached hydrogens (tertiary/aromatic N) is 2. The Bertz CT molecular complexity index is 677. The third-order valence-corrected chi connectivity index (χ3v) is 4.53. The molecule has 0 saturated heterocycles. The number of ether oxygens (including phenoxy) is 1. The van der Waals surface area contributed by atoms with Crippen molar-refractivity contribution in [3.63, 3.8) is 0 Å². The van der Waals surface area contributed by atoms with Gasteiger partial charge in [0.05, 0.1) is 12.9 Å². The number of alkyl halides is 3. The Morgan fingerprint density at radius 1 is 1.29 bits per heavy atom. The third-order valence-electron chi connectivity index (χ3n) is 2.56. The van der Waals surface area contributed by atoms with Crippen molar-refractivity contribution in [3.05, 3.63) is 24.3 Å². The fraction of sp³-hybridized carbons (Fsp3) is 0.308. The first-order chi connectivity index (χ1) is 11.4. The Morgan fingerprint density at radius 3 is 2.62 bits per heavy atom. The molecule has 0 spiro atoms. The Balaban J connectivity index is 1.81. The van der Waals surface area contributed by atoms with Gasteiger partial charge >= 0.3 is 6.18 Å². The van der Waals surface area contributed by atoms with Gasteiger partial charge in [0.2, 0.25) is 11.0 Å². The number of benzene rings is 1. The van der Waals surface area contributed by atoms with Gasteiger partial charge in [-0.1, -0.05) is 23.1 Å². The summed E-state index contributed by atoms with van der Waals surface area (Å²) in [6, 6.07) is 7.17. The predicted molar refractivity (Wildman–Crippen MR) is 86.0 cm³/mol. The molecule has 1 aromatic carbocycles. The van der Waals surface area contributed by atoms with Crippen molar-refractivity contribution in [3.8, 4) is 5.75 Å². The average molecular weight is 378 g/mol. The monoisotopic (exact) mass is 378 g/mol. The molecule has 0 unspecified atom stereocenters. The van der Waals surface area contributed by atoms with Crippen LogP contribution in [0.1, 0.15) is 0 Å². The summed E-state index contributed by atoms with van der Waals surface area (Å²) < 4.78 is 41.5. The van der Waals surface area contributed by atoms with Crippen LogP contribution in [0.3, 0.4) is 0 Å². The molecule has 130 valence electrons. The average Bonchev–Trinajstić information content (AvgIpc) is 2.98. The van der Waals surface area contributed by atoms with Gasteiger partial charge < -0.3 is 15.4 Å². The molecule has 0 aliphatic rings. The number of methoxy groups -OCH3 is 1. The number of carbonyl (C=O) groups is 1. The molecule has 2 rings (SSSR count). The van der Waals surface area contributed by atoms with Crippen LogP contribution in [0.5, 0.6) is 5.75 Å². The van der Waals surface area contributed by atoms with Gasteiger partial charge in [-0.15, -0.1) is 10.2 Å². The second-order valence-corrected chi connectivity index (χ2v) is 6.61. The Kier molecular flexibility index (Phi) is 6.26. The lowest BCUT2D eigenvalue weighted by Gasteiger charge is -2.07. The summed E-state index contributed by atoms with van der Waals surface area (Å²) in [6.07, 6.45) is -4.42. The van der Waals surface area contributed by atoms with Crippen LogP contribution >= 0.6 is 23.1 Å². The van der Waals surface area contributed by atoms with Crippen LogP contribution in [0.15, 0.2) is 28.6 Å². The topological polar surface area (TPSA) is 76.1 Å². The zero-order chi connectivity index (χ0) is 17.6. The molecule has 0 aliphatic heterocycles. The van der Waals surface area contributed by atoms with Crippen molar-refractivity contribution in [2.75, 3.05) is 24.7 Å². The van der Waals surface area contributed by atoms with E-state index < -0.39 is 18.6 Å². The minimum Gasteiger partial charge on any atom is -0.497 e. The van der Waals surface area contributed by atoms with Crippen LogP contribution in [0.2, 0.25) is 0 Å². The van der Waals surface area contributed by atoms with Gasteiger partial charge in [0.15, 0.2) is 4.34 Å². The molecule has 1 aromatic heterocycles. The van der Waals surface area contributed by atoms with Gasteiger partial charge in [0, 0.05) is 5.69 Å². The maximum atomic E-state index is 12.0. The van der Waals surface area contributed by atoms with Crippen LogP contribution in [0.4, 0.5) is 24.0 Å². The summed E-state index contributed by atoms with van der Waals surface area (Å²) in [7, 11) is 1.57. The van der Waals surface area contributed by atoms with E-state index in [9.17, 15) is 18.0 Å². The first kappa shape index (κ1) is 18.3. The molecule has 0 saturated carbocycles. The molecular formula is C13H13F3N4O2S2. The van der Waals surface area contributed by atoms with Crippen LogP contribution in [0, 0.1) is 0 Å². The minimum atomic E-state index is -4.42. The second kappa shape index (κ2) is 8.20. The summed E-state index contributed by atoms with van der Waals surface area (Å²) in [6.45, 7) is -1.34. The Morgan fingerprint density at radius 2 is 2.00 bits per heavy atom. The van der Waals surface area contributed by atoms with E-state index in [0.717, 1.165) is 23.2 Å². The molecule has 2 N–H and O–H groups in total. The van der Waals surface area contributed by atoms with E-state index in [1.54, 1.807) is 36.7 Å². The van der Waals surface area contributed by atoms with Gasteiger partial charge in [0.1, 0.15) is 12.3 Å². The van der Waals surface area contributed by atoms with Crippen LogP contribution in [0.25, 0.3) is 0 Å². The van der Waals surface area contributed by atoms with Crippen molar-refractivity contribution < 1.29 is 22.7 Å². The number of aromatic nitrogens is 2. The zero-order valence-corrected chi connectivity index (χ0v) is 14.0. The molecule has 0 radical (unpaired) electrons. The highest BCUT2D eigenvalue weighted by atomic mass is 32.2. The first-order valence-electron chi connectivity index (χ1n) is 6.56. The number of halogens is 3. The van der Waals surface area contributed by atoms with Crippen molar-refractivity contribution in [2.45, 2.75) is 10.5 Å². The standard InChI is InChI=1S/C13H13F3N4O2S2/c1-22-9-4-2-8(3-5-9)18-11-19-20-12(24-11)23-6-10(21)17-7-13(14,15)16/h2-5H,6-7H2,1H3,(H,17,21)(H,18,19). The van der Waals surface area contributed by atoms with Crippen molar-refractivity contribution in [2.24, 2.45) is 0 Å². The molecule has 11 heteroatoms. The smallest absolute Gasteiger partial charge is 0.405 e. The highest BCUT2D eigenvalue weighted by Crippen LogP contribution is 2.28. The zero-order valence-electron chi connectivity index (χ0n) is 12.4. The molecule has 1 heterocycles. The van der Waals surface area contributed by atoms with E-state index in [1.807, 2.05) is 0 Å². The molecule has 6 nitrogen and oxygen atoms in total. The number of anilines is 2. The Labute approximate surface area is 143 Å². The highest BCUT2D eigenvalue weighted by molar-refractivity contribution is 8.01. The normalized spacial score (nSPS) is 11.2. The number of rotatable bonds is 7. The molecule has 0 bridgehead atoms. The lowest BCUT2D eigenvalue weighted by atomic mass is 10.3.